The van der Waals surface area contributed by atoms with Gasteiger partial charge in [-0.15, -0.1) is 0 Å². The second kappa shape index (κ2) is 6.08. The lowest BCUT2D eigenvalue weighted by atomic mass is 9.99. The van der Waals surface area contributed by atoms with Crippen LogP contribution in [0.4, 0.5) is 11.4 Å². The number of benzene rings is 2. The third kappa shape index (κ3) is 2.88. The van der Waals surface area contributed by atoms with Crippen LogP contribution in [0, 0.1) is 10.1 Å². The van der Waals surface area contributed by atoms with Crippen LogP contribution < -0.4 is 5.32 Å². The highest BCUT2D eigenvalue weighted by molar-refractivity contribution is 5.95. The largest absolute Gasteiger partial charge is 0.383 e. The molecule has 0 spiro atoms. The Bertz CT molecular complexity index is 773. The maximum atomic E-state index is 12.7. The molecule has 1 aliphatic rings. The molecule has 0 unspecified atom stereocenters. The number of carbonyl (C=O) groups is 1. The van der Waals surface area contributed by atoms with E-state index in [4.69, 9.17) is 0 Å². The quantitative estimate of drug-likeness (QED) is 0.698. The number of anilines is 1. The van der Waals surface area contributed by atoms with Crippen molar-refractivity contribution in [2.75, 3.05) is 18.9 Å². The molecule has 1 amide bonds. The molecular formula is C17H17N3O3. The van der Waals surface area contributed by atoms with Gasteiger partial charge in [0.15, 0.2) is 0 Å². The number of hydrogen-bond donors (Lipinski definition) is 1. The fraction of sp³-hybridized carbons (Fsp3) is 0.235. The highest BCUT2D eigenvalue weighted by Crippen LogP contribution is 2.27. The van der Waals surface area contributed by atoms with Gasteiger partial charge in [-0.3, -0.25) is 14.9 Å². The van der Waals surface area contributed by atoms with Crippen LogP contribution in [0.1, 0.15) is 21.5 Å². The molecule has 118 valence electrons. The highest BCUT2D eigenvalue weighted by Gasteiger charge is 2.24. The first-order valence-corrected chi connectivity index (χ1v) is 7.42. The first-order valence-electron chi connectivity index (χ1n) is 7.42. The smallest absolute Gasteiger partial charge is 0.293 e. The van der Waals surface area contributed by atoms with E-state index in [2.05, 4.69) is 11.4 Å². The Morgan fingerprint density at radius 3 is 2.65 bits per heavy atom. The number of amides is 1. The summed E-state index contributed by atoms with van der Waals surface area (Å²) in [5, 5.41) is 13.9. The number of nitro groups is 1. The molecule has 3 rings (SSSR count). The average Bonchev–Trinajstić information content (AvgIpc) is 2.60. The van der Waals surface area contributed by atoms with Crippen molar-refractivity contribution in [3.8, 4) is 0 Å². The number of nitrogens with one attached hydrogen (secondary N) is 1. The summed E-state index contributed by atoms with van der Waals surface area (Å²) >= 11 is 0. The summed E-state index contributed by atoms with van der Waals surface area (Å²) in [7, 11) is 1.62. The van der Waals surface area contributed by atoms with E-state index in [9.17, 15) is 14.9 Å². The number of nitrogens with zero attached hydrogens (tertiary/aromatic N) is 2. The Hall–Kier alpha value is -2.89. The number of carbonyl (C=O) groups excluding carboxylic acids is 1. The molecule has 6 nitrogen and oxygen atoms in total. The summed E-state index contributed by atoms with van der Waals surface area (Å²) < 4.78 is 0. The minimum Gasteiger partial charge on any atom is -0.383 e. The van der Waals surface area contributed by atoms with Gasteiger partial charge in [-0.1, -0.05) is 24.3 Å². The van der Waals surface area contributed by atoms with E-state index in [0.717, 1.165) is 12.0 Å². The number of rotatable bonds is 3. The maximum Gasteiger partial charge on any atom is 0.293 e. The maximum absolute atomic E-state index is 12.7. The fourth-order valence-electron chi connectivity index (χ4n) is 2.88. The van der Waals surface area contributed by atoms with Crippen LogP contribution >= 0.6 is 0 Å². The molecule has 0 aromatic heterocycles. The predicted octanol–water partition coefficient (Wildman–Crippen LogP) is 2.84. The molecule has 0 saturated carbocycles. The van der Waals surface area contributed by atoms with Crippen LogP contribution in [0.2, 0.25) is 0 Å². The van der Waals surface area contributed by atoms with E-state index >= 15 is 0 Å². The van der Waals surface area contributed by atoms with E-state index < -0.39 is 4.92 Å². The summed E-state index contributed by atoms with van der Waals surface area (Å²) in [6, 6.07) is 12.6. The van der Waals surface area contributed by atoms with Crippen LogP contribution in [0.5, 0.6) is 0 Å². The normalized spacial score (nSPS) is 13.3. The van der Waals surface area contributed by atoms with Gasteiger partial charge in [0, 0.05) is 31.8 Å². The van der Waals surface area contributed by atoms with E-state index in [0.29, 0.717) is 24.3 Å². The summed E-state index contributed by atoms with van der Waals surface area (Å²) in [6.07, 6.45) is 0.804. The van der Waals surface area contributed by atoms with Crippen molar-refractivity contribution < 1.29 is 9.72 Å². The molecule has 0 radical (unpaired) electrons. The summed E-state index contributed by atoms with van der Waals surface area (Å²) in [4.78, 5) is 25.1. The molecule has 1 aliphatic heterocycles. The van der Waals surface area contributed by atoms with Gasteiger partial charge in [0.25, 0.3) is 11.6 Å². The first kappa shape index (κ1) is 15.0. The Balaban J connectivity index is 1.87. The van der Waals surface area contributed by atoms with Crippen LogP contribution in [0.25, 0.3) is 0 Å². The zero-order valence-electron chi connectivity index (χ0n) is 12.8. The molecule has 23 heavy (non-hydrogen) atoms. The van der Waals surface area contributed by atoms with Crippen LogP contribution in [-0.2, 0) is 13.0 Å². The minimum absolute atomic E-state index is 0.0873. The predicted molar refractivity (Wildman–Crippen MR) is 87.5 cm³/mol. The summed E-state index contributed by atoms with van der Waals surface area (Å²) in [5.74, 6) is -0.176. The average molecular weight is 311 g/mol. The Morgan fingerprint density at radius 2 is 1.96 bits per heavy atom. The van der Waals surface area contributed by atoms with Gasteiger partial charge in [-0.25, -0.2) is 0 Å². The molecule has 0 aliphatic carbocycles. The van der Waals surface area contributed by atoms with Gasteiger partial charge < -0.3 is 10.2 Å². The van der Waals surface area contributed by atoms with E-state index in [-0.39, 0.29) is 11.6 Å². The third-order valence-electron chi connectivity index (χ3n) is 4.13. The zero-order chi connectivity index (χ0) is 16.4. The van der Waals surface area contributed by atoms with Crippen molar-refractivity contribution in [3.63, 3.8) is 0 Å². The lowest BCUT2D eigenvalue weighted by Crippen LogP contribution is -2.35. The number of hydrogen-bond acceptors (Lipinski definition) is 4. The van der Waals surface area contributed by atoms with Crippen molar-refractivity contribution in [1.82, 2.24) is 4.90 Å². The molecule has 1 heterocycles. The molecule has 0 fully saturated rings. The first-order chi connectivity index (χ1) is 11.1. The summed E-state index contributed by atoms with van der Waals surface area (Å²) in [5.41, 5.74) is 3.04. The molecule has 1 N–H and O–H groups in total. The Kier molecular flexibility index (Phi) is 3.97. The molecule has 0 bridgehead atoms. The van der Waals surface area contributed by atoms with Crippen LogP contribution in [0.3, 0.4) is 0 Å². The van der Waals surface area contributed by atoms with E-state index in [1.807, 2.05) is 18.2 Å². The molecular weight excluding hydrogens is 294 g/mol. The van der Waals surface area contributed by atoms with Gasteiger partial charge in [-0.05, 0) is 29.7 Å². The van der Waals surface area contributed by atoms with E-state index in [1.165, 1.54) is 11.6 Å². The zero-order valence-corrected chi connectivity index (χ0v) is 12.8. The second-order valence-corrected chi connectivity index (χ2v) is 5.48. The van der Waals surface area contributed by atoms with Crippen molar-refractivity contribution in [3.05, 3.63) is 69.3 Å². The summed E-state index contributed by atoms with van der Waals surface area (Å²) in [6.45, 7) is 1.16. The Morgan fingerprint density at radius 1 is 1.22 bits per heavy atom. The highest BCUT2D eigenvalue weighted by atomic mass is 16.6. The van der Waals surface area contributed by atoms with Crippen molar-refractivity contribution in [2.24, 2.45) is 0 Å². The molecule has 0 atom stereocenters. The second-order valence-electron chi connectivity index (χ2n) is 5.48. The lowest BCUT2D eigenvalue weighted by molar-refractivity contribution is -0.384. The van der Waals surface area contributed by atoms with Gasteiger partial charge in [0.1, 0.15) is 5.69 Å². The van der Waals surface area contributed by atoms with Crippen molar-refractivity contribution in [1.29, 1.82) is 0 Å². The van der Waals surface area contributed by atoms with Gasteiger partial charge in [0.05, 0.1) is 4.92 Å². The van der Waals surface area contributed by atoms with Gasteiger partial charge >= 0.3 is 0 Å². The Labute approximate surface area is 133 Å². The fourth-order valence-corrected chi connectivity index (χ4v) is 2.88. The minimum atomic E-state index is -0.478. The molecule has 2 aromatic rings. The number of fused-ring (bicyclic) bond motifs is 1. The molecule has 6 heteroatoms. The van der Waals surface area contributed by atoms with E-state index in [1.54, 1.807) is 24.1 Å². The molecule has 2 aromatic carbocycles. The topological polar surface area (TPSA) is 75.5 Å². The van der Waals surface area contributed by atoms with Crippen molar-refractivity contribution in [2.45, 2.75) is 13.0 Å². The van der Waals surface area contributed by atoms with Crippen LogP contribution in [0.15, 0.2) is 42.5 Å². The monoisotopic (exact) mass is 311 g/mol. The molecule has 0 saturated heterocycles. The SMILES string of the molecule is CNc1ccc(C(=O)N2CCc3ccccc3C2)cc1[N+](=O)[O-]. The standard InChI is InChI=1S/C17H17N3O3/c1-18-15-7-6-13(10-16(15)20(22)23)17(21)19-9-8-12-4-2-3-5-14(12)11-19/h2-7,10,18H,8-9,11H2,1H3. The third-order valence-corrected chi connectivity index (χ3v) is 4.13. The lowest BCUT2D eigenvalue weighted by Gasteiger charge is -2.29. The number of nitro benzene ring substituents is 1. The van der Waals surface area contributed by atoms with Gasteiger partial charge in [-0.2, -0.15) is 0 Å². The van der Waals surface area contributed by atoms with Gasteiger partial charge in [0.2, 0.25) is 0 Å². The van der Waals surface area contributed by atoms with Crippen molar-refractivity contribution >= 4 is 17.3 Å². The van der Waals surface area contributed by atoms with Crippen LogP contribution in [-0.4, -0.2) is 29.3 Å².